The predicted molar refractivity (Wildman–Crippen MR) is 20.4 cm³/mol. The van der Waals surface area contributed by atoms with Crippen LogP contribution in [0.25, 0.3) is 0 Å². The molecule has 42 valence electrons. The van der Waals surface area contributed by atoms with E-state index in [0.717, 1.165) is 0 Å². The van der Waals surface area contributed by atoms with Crippen molar-refractivity contribution >= 4 is 0 Å². The molecule has 7 heavy (non-hydrogen) atoms. The molecule has 0 radical (unpaired) electrons. The van der Waals surface area contributed by atoms with Crippen molar-refractivity contribution < 1.29 is 13.5 Å². The van der Waals surface area contributed by atoms with Gasteiger partial charge in [0.15, 0.2) is 6.17 Å². The van der Waals surface area contributed by atoms with Gasteiger partial charge in [0.05, 0.1) is 6.61 Å². The Morgan fingerprint density at radius 1 is 1.43 bits per heavy atom. The summed E-state index contributed by atoms with van der Waals surface area (Å²) in [5.74, 6) is 0. The average molecular weight is 108 g/mol. The fourth-order valence-corrected chi connectivity index (χ4v) is 0.529. The Morgan fingerprint density at radius 2 is 2.14 bits per heavy atom. The highest BCUT2D eigenvalue weighted by Crippen LogP contribution is 2.16. The molecule has 1 saturated heterocycles. The second kappa shape index (κ2) is 1.74. The van der Waals surface area contributed by atoms with Gasteiger partial charge in [0.25, 0.3) is 0 Å². The predicted octanol–water partition coefficient (Wildman–Crippen LogP) is 1.04. The van der Waals surface area contributed by atoms with Crippen LogP contribution in [0, 0.1) is 0 Å². The molecule has 0 aromatic carbocycles. The number of hydrogen-bond acceptors (Lipinski definition) is 1. The fourth-order valence-electron chi connectivity index (χ4n) is 0.529. The van der Waals surface area contributed by atoms with Gasteiger partial charge < -0.3 is 4.74 Å². The number of halogens is 2. The minimum atomic E-state index is -1.65. The maximum absolute atomic E-state index is 11.8. The van der Waals surface area contributed by atoms with E-state index in [1.165, 1.54) is 0 Å². The van der Waals surface area contributed by atoms with Crippen LogP contribution in [0.1, 0.15) is 6.42 Å². The number of rotatable bonds is 0. The quantitative estimate of drug-likeness (QED) is 0.450. The average Bonchev–Trinajstić information content (AvgIpc) is 1.91. The van der Waals surface area contributed by atoms with Crippen molar-refractivity contribution in [1.29, 1.82) is 0 Å². The van der Waals surface area contributed by atoms with E-state index >= 15 is 0 Å². The molecule has 0 aliphatic carbocycles. The van der Waals surface area contributed by atoms with E-state index in [2.05, 4.69) is 4.74 Å². The molecule has 1 aliphatic heterocycles. The molecule has 1 heterocycles. The van der Waals surface area contributed by atoms with Crippen molar-refractivity contribution in [3.63, 3.8) is 0 Å². The molecule has 0 spiro atoms. The van der Waals surface area contributed by atoms with Crippen molar-refractivity contribution in [2.24, 2.45) is 0 Å². The second-order valence-electron chi connectivity index (χ2n) is 1.53. The van der Waals surface area contributed by atoms with Gasteiger partial charge in [-0.05, 0) is 0 Å². The van der Waals surface area contributed by atoms with Crippen LogP contribution in [0.4, 0.5) is 8.78 Å². The molecule has 2 unspecified atom stereocenters. The normalized spacial score (nSPS) is 42.0. The molecule has 1 nitrogen and oxygen atoms in total. The molecule has 2 atom stereocenters. The van der Waals surface area contributed by atoms with E-state index in [-0.39, 0.29) is 13.0 Å². The molecule has 1 rings (SSSR count). The third-order valence-electron chi connectivity index (χ3n) is 0.955. The smallest absolute Gasteiger partial charge is 0.230 e. The zero-order chi connectivity index (χ0) is 5.28. The largest absolute Gasteiger partial charge is 0.346 e. The third kappa shape index (κ3) is 0.881. The molecule has 3 heteroatoms. The van der Waals surface area contributed by atoms with Gasteiger partial charge >= 0.3 is 0 Å². The van der Waals surface area contributed by atoms with Gasteiger partial charge in [-0.2, -0.15) is 0 Å². The van der Waals surface area contributed by atoms with Crippen molar-refractivity contribution in [3.8, 4) is 0 Å². The monoisotopic (exact) mass is 108 g/mol. The summed E-state index contributed by atoms with van der Waals surface area (Å²) in [6.45, 7) is 0.225. The highest BCUT2D eigenvalue weighted by Gasteiger charge is 2.26. The van der Waals surface area contributed by atoms with Gasteiger partial charge in [0.2, 0.25) is 6.36 Å². The summed E-state index contributed by atoms with van der Waals surface area (Å²) in [4.78, 5) is 0. The van der Waals surface area contributed by atoms with Gasteiger partial charge in [-0.15, -0.1) is 0 Å². The third-order valence-corrected chi connectivity index (χ3v) is 0.955. The van der Waals surface area contributed by atoms with Crippen molar-refractivity contribution in [2.45, 2.75) is 19.0 Å². The van der Waals surface area contributed by atoms with E-state index in [9.17, 15) is 8.78 Å². The van der Waals surface area contributed by atoms with E-state index in [1.807, 2.05) is 0 Å². The summed E-state index contributed by atoms with van der Waals surface area (Å²) in [6, 6.07) is 0. The first-order valence-corrected chi connectivity index (χ1v) is 2.20. The van der Waals surface area contributed by atoms with Crippen LogP contribution in [0.15, 0.2) is 0 Å². The maximum atomic E-state index is 11.8. The first-order valence-electron chi connectivity index (χ1n) is 2.20. The molecular weight excluding hydrogens is 102 g/mol. The Balaban J connectivity index is 2.33. The van der Waals surface area contributed by atoms with E-state index in [1.54, 1.807) is 0 Å². The summed E-state index contributed by atoms with van der Waals surface area (Å²) in [7, 11) is 0. The standard InChI is InChI=1S/C4H6F2O/c5-3-1-2-7-4(3)6/h3-4H,1-2H2. The number of hydrogen-bond donors (Lipinski definition) is 0. The first-order chi connectivity index (χ1) is 3.30. The van der Waals surface area contributed by atoms with Crippen LogP contribution in [0.2, 0.25) is 0 Å². The van der Waals surface area contributed by atoms with Gasteiger partial charge in [0.1, 0.15) is 0 Å². The zero-order valence-corrected chi connectivity index (χ0v) is 3.73. The Morgan fingerprint density at radius 3 is 2.29 bits per heavy atom. The van der Waals surface area contributed by atoms with Crippen LogP contribution in [-0.2, 0) is 4.74 Å². The lowest BCUT2D eigenvalue weighted by atomic mass is 10.3. The van der Waals surface area contributed by atoms with Crippen LogP contribution in [0.3, 0.4) is 0 Å². The van der Waals surface area contributed by atoms with Gasteiger partial charge in [-0.1, -0.05) is 0 Å². The first kappa shape index (κ1) is 4.97. The lowest BCUT2D eigenvalue weighted by Gasteiger charge is -1.96. The van der Waals surface area contributed by atoms with Gasteiger partial charge in [-0.3, -0.25) is 0 Å². The second-order valence-corrected chi connectivity index (χ2v) is 1.53. The van der Waals surface area contributed by atoms with Crippen LogP contribution >= 0.6 is 0 Å². The molecule has 1 aliphatic rings. The lowest BCUT2D eigenvalue weighted by Crippen LogP contribution is -2.08. The van der Waals surface area contributed by atoms with Crippen LogP contribution in [0.5, 0.6) is 0 Å². The van der Waals surface area contributed by atoms with Crippen molar-refractivity contribution in [1.82, 2.24) is 0 Å². The van der Waals surface area contributed by atoms with E-state index in [4.69, 9.17) is 0 Å². The summed E-state index contributed by atoms with van der Waals surface area (Å²) < 4.78 is 27.8. The van der Waals surface area contributed by atoms with Crippen molar-refractivity contribution in [2.75, 3.05) is 6.61 Å². The number of alkyl halides is 2. The summed E-state index contributed by atoms with van der Waals surface area (Å²) in [5, 5.41) is 0. The van der Waals surface area contributed by atoms with Crippen molar-refractivity contribution in [3.05, 3.63) is 0 Å². The number of ether oxygens (including phenoxy) is 1. The molecule has 1 fully saturated rings. The van der Waals surface area contributed by atoms with E-state index < -0.39 is 12.5 Å². The topological polar surface area (TPSA) is 9.23 Å². The summed E-state index contributed by atoms with van der Waals surface area (Å²) in [5.41, 5.74) is 0. The lowest BCUT2D eigenvalue weighted by molar-refractivity contribution is -0.0231. The Bertz CT molecular complexity index is 58.7. The highest BCUT2D eigenvalue weighted by molar-refractivity contribution is 4.65. The zero-order valence-electron chi connectivity index (χ0n) is 3.73. The molecule has 0 saturated carbocycles. The Kier molecular flexibility index (Phi) is 1.23. The minimum absolute atomic E-state index is 0.209. The van der Waals surface area contributed by atoms with Gasteiger partial charge in [0, 0.05) is 6.42 Å². The molecule has 0 amide bonds. The Hall–Kier alpha value is -0.180. The molecule has 0 aromatic rings. The maximum Gasteiger partial charge on any atom is 0.230 e. The van der Waals surface area contributed by atoms with E-state index in [0.29, 0.717) is 0 Å². The summed E-state index contributed by atoms with van der Waals surface area (Å²) in [6.07, 6.45) is -2.82. The summed E-state index contributed by atoms with van der Waals surface area (Å²) >= 11 is 0. The SMILES string of the molecule is FC1CCOC1F. The molecule has 0 bridgehead atoms. The fraction of sp³-hybridized carbons (Fsp3) is 1.00. The Labute approximate surface area is 40.3 Å². The van der Waals surface area contributed by atoms with Crippen LogP contribution in [-0.4, -0.2) is 19.1 Å². The van der Waals surface area contributed by atoms with Crippen LogP contribution < -0.4 is 0 Å². The molecule has 0 N–H and O–H groups in total. The minimum Gasteiger partial charge on any atom is -0.346 e. The van der Waals surface area contributed by atoms with Gasteiger partial charge in [-0.25, -0.2) is 8.78 Å². The molecule has 0 aromatic heterocycles. The molecular formula is C4H6F2O. The highest BCUT2D eigenvalue weighted by atomic mass is 19.2.